The Morgan fingerprint density at radius 2 is 1.11 bits per heavy atom. The van der Waals surface area contributed by atoms with Crippen molar-refractivity contribution in [3.05, 3.63) is 35.4 Å². The van der Waals surface area contributed by atoms with Gasteiger partial charge in [-0.1, -0.05) is 71.1 Å². The van der Waals surface area contributed by atoms with Crippen LogP contribution >= 0.6 is 0 Å². The average molecular weight is 377 g/mol. The summed E-state index contributed by atoms with van der Waals surface area (Å²) < 4.78 is 26.9. The van der Waals surface area contributed by atoms with Crippen LogP contribution in [0, 0.1) is 29.4 Å². The summed E-state index contributed by atoms with van der Waals surface area (Å²) in [7, 11) is 0. The zero-order valence-corrected chi connectivity index (χ0v) is 17.2. The first-order valence-corrected chi connectivity index (χ1v) is 11.6. The van der Waals surface area contributed by atoms with Gasteiger partial charge in [0.25, 0.3) is 0 Å². The predicted molar refractivity (Wildman–Crippen MR) is 110 cm³/mol. The SMILES string of the molecule is CCC[C@H]1CC[C@H](CCCCC2CCC(c3cc(F)cc(F)c3)CC2)CC1. The Bertz CT molecular complexity index is 531. The molecular weight excluding hydrogens is 338 g/mol. The first-order chi connectivity index (χ1) is 13.1. The van der Waals surface area contributed by atoms with Gasteiger partial charge in [-0.25, -0.2) is 8.78 Å². The Morgan fingerprint density at radius 1 is 0.667 bits per heavy atom. The van der Waals surface area contributed by atoms with Gasteiger partial charge in [-0.2, -0.15) is 0 Å². The largest absolute Gasteiger partial charge is 0.207 e. The van der Waals surface area contributed by atoms with Crippen molar-refractivity contribution in [3.8, 4) is 0 Å². The van der Waals surface area contributed by atoms with E-state index in [2.05, 4.69) is 6.92 Å². The smallest absolute Gasteiger partial charge is 0.126 e. The summed E-state index contributed by atoms with van der Waals surface area (Å²) in [5, 5.41) is 0. The Hall–Kier alpha value is -0.920. The number of hydrogen-bond donors (Lipinski definition) is 0. The second kappa shape index (κ2) is 10.6. The average Bonchev–Trinajstić information content (AvgIpc) is 2.66. The van der Waals surface area contributed by atoms with Gasteiger partial charge in [-0.3, -0.25) is 0 Å². The van der Waals surface area contributed by atoms with Gasteiger partial charge in [-0.15, -0.1) is 0 Å². The molecule has 2 fully saturated rings. The van der Waals surface area contributed by atoms with E-state index in [1.54, 1.807) is 0 Å². The summed E-state index contributed by atoms with van der Waals surface area (Å²) >= 11 is 0. The van der Waals surface area contributed by atoms with Gasteiger partial charge in [0.1, 0.15) is 11.6 Å². The Labute approximate surface area is 165 Å². The molecule has 0 heterocycles. The van der Waals surface area contributed by atoms with Crippen molar-refractivity contribution < 1.29 is 8.78 Å². The second-order valence-corrected chi connectivity index (χ2v) is 9.38. The molecule has 0 spiro atoms. The van der Waals surface area contributed by atoms with Crippen molar-refractivity contribution >= 4 is 0 Å². The van der Waals surface area contributed by atoms with E-state index < -0.39 is 11.6 Å². The van der Waals surface area contributed by atoms with E-state index in [0.717, 1.165) is 42.2 Å². The fourth-order valence-electron chi connectivity index (χ4n) is 5.68. The minimum Gasteiger partial charge on any atom is -0.207 e. The van der Waals surface area contributed by atoms with E-state index in [1.165, 1.54) is 89.2 Å². The third-order valence-corrected chi connectivity index (χ3v) is 7.34. The van der Waals surface area contributed by atoms with Gasteiger partial charge in [0, 0.05) is 6.07 Å². The monoisotopic (exact) mass is 376 g/mol. The van der Waals surface area contributed by atoms with Crippen LogP contribution in [-0.4, -0.2) is 0 Å². The van der Waals surface area contributed by atoms with E-state index in [0.29, 0.717) is 5.92 Å². The molecule has 2 aliphatic carbocycles. The van der Waals surface area contributed by atoms with Crippen molar-refractivity contribution in [2.45, 2.75) is 103 Å². The molecule has 152 valence electrons. The minimum absolute atomic E-state index is 0.352. The molecule has 2 aliphatic rings. The van der Waals surface area contributed by atoms with Crippen LogP contribution in [0.1, 0.15) is 108 Å². The highest BCUT2D eigenvalue weighted by molar-refractivity contribution is 5.22. The van der Waals surface area contributed by atoms with Gasteiger partial charge in [-0.05, 0) is 67.1 Å². The van der Waals surface area contributed by atoms with Crippen LogP contribution in [0.2, 0.25) is 0 Å². The Morgan fingerprint density at radius 3 is 1.59 bits per heavy atom. The summed E-state index contributed by atoms with van der Waals surface area (Å²) in [5.74, 6) is 2.33. The predicted octanol–water partition coefficient (Wildman–Crippen LogP) is 8.41. The highest BCUT2D eigenvalue weighted by Gasteiger charge is 2.24. The molecule has 2 saturated carbocycles. The zero-order valence-electron chi connectivity index (χ0n) is 17.2. The topological polar surface area (TPSA) is 0 Å². The van der Waals surface area contributed by atoms with Crippen molar-refractivity contribution in [1.29, 1.82) is 0 Å². The van der Waals surface area contributed by atoms with E-state index in [4.69, 9.17) is 0 Å². The summed E-state index contributed by atoms with van der Waals surface area (Å²) in [6, 6.07) is 4.04. The molecule has 0 N–H and O–H groups in total. The van der Waals surface area contributed by atoms with Gasteiger partial charge in [0.15, 0.2) is 0 Å². The number of hydrogen-bond acceptors (Lipinski definition) is 0. The first kappa shape index (κ1) is 20.8. The van der Waals surface area contributed by atoms with Crippen molar-refractivity contribution in [2.75, 3.05) is 0 Å². The molecule has 0 aromatic heterocycles. The number of rotatable bonds is 8. The van der Waals surface area contributed by atoms with Crippen molar-refractivity contribution in [3.63, 3.8) is 0 Å². The fraction of sp³-hybridized carbons (Fsp3) is 0.760. The molecule has 0 unspecified atom stereocenters. The first-order valence-electron chi connectivity index (χ1n) is 11.6. The van der Waals surface area contributed by atoms with Gasteiger partial charge < -0.3 is 0 Å². The fourth-order valence-corrected chi connectivity index (χ4v) is 5.68. The molecular formula is C25H38F2. The lowest BCUT2D eigenvalue weighted by Crippen LogP contribution is -2.15. The molecule has 0 nitrogen and oxygen atoms in total. The third kappa shape index (κ3) is 6.57. The maximum atomic E-state index is 13.4. The molecule has 0 amide bonds. The van der Waals surface area contributed by atoms with Crippen LogP contribution in [0.15, 0.2) is 18.2 Å². The maximum Gasteiger partial charge on any atom is 0.126 e. The number of halogens is 2. The van der Waals surface area contributed by atoms with E-state index in [9.17, 15) is 8.78 Å². The van der Waals surface area contributed by atoms with Crippen LogP contribution in [0.3, 0.4) is 0 Å². The van der Waals surface area contributed by atoms with Crippen molar-refractivity contribution in [1.82, 2.24) is 0 Å². The molecule has 2 heteroatoms. The number of unbranched alkanes of at least 4 members (excludes halogenated alkanes) is 1. The molecule has 27 heavy (non-hydrogen) atoms. The summed E-state index contributed by atoms with van der Waals surface area (Å²) in [6.07, 6.45) is 18.9. The number of benzene rings is 1. The molecule has 1 aromatic carbocycles. The highest BCUT2D eigenvalue weighted by atomic mass is 19.1. The van der Waals surface area contributed by atoms with Crippen LogP contribution < -0.4 is 0 Å². The molecule has 0 saturated heterocycles. The molecule has 0 aliphatic heterocycles. The van der Waals surface area contributed by atoms with Crippen LogP contribution in [0.25, 0.3) is 0 Å². The lowest BCUT2D eigenvalue weighted by Gasteiger charge is -2.30. The van der Waals surface area contributed by atoms with Gasteiger partial charge >= 0.3 is 0 Å². The van der Waals surface area contributed by atoms with E-state index in [-0.39, 0.29) is 0 Å². The Balaban J connectivity index is 1.29. The van der Waals surface area contributed by atoms with Gasteiger partial charge in [0.05, 0.1) is 0 Å². The lowest BCUT2D eigenvalue weighted by atomic mass is 9.76. The summed E-state index contributed by atoms with van der Waals surface area (Å²) in [6.45, 7) is 2.32. The normalized spacial score (nSPS) is 29.0. The quantitative estimate of drug-likeness (QED) is 0.399. The lowest BCUT2D eigenvalue weighted by molar-refractivity contribution is 0.243. The summed E-state index contributed by atoms with van der Waals surface area (Å²) in [4.78, 5) is 0. The van der Waals surface area contributed by atoms with E-state index >= 15 is 0 Å². The van der Waals surface area contributed by atoms with E-state index in [1.807, 2.05) is 0 Å². The molecule has 3 rings (SSSR count). The summed E-state index contributed by atoms with van der Waals surface area (Å²) in [5.41, 5.74) is 0.865. The Kier molecular flexibility index (Phi) is 8.15. The highest BCUT2D eigenvalue weighted by Crippen LogP contribution is 2.39. The van der Waals surface area contributed by atoms with Gasteiger partial charge in [0.2, 0.25) is 0 Å². The van der Waals surface area contributed by atoms with Crippen LogP contribution in [0.5, 0.6) is 0 Å². The molecule has 1 aromatic rings. The molecule has 0 radical (unpaired) electrons. The zero-order chi connectivity index (χ0) is 19.1. The third-order valence-electron chi connectivity index (χ3n) is 7.34. The van der Waals surface area contributed by atoms with Crippen LogP contribution in [0.4, 0.5) is 8.78 Å². The standard InChI is InChI=1S/C25H38F2/c1-2-5-19-8-10-20(11-9-19)6-3-4-7-21-12-14-22(15-13-21)23-16-24(26)18-25(27)17-23/h16-22H,2-15H2,1H3/t19-,20-,21?,22?. The van der Waals surface area contributed by atoms with Crippen LogP contribution in [-0.2, 0) is 0 Å². The maximum absolute atomic E-state index is 13.4. The minimum atomic E-state index is -0.434. The second-order valence-electron chi connectivity index (χ2n) is 9.38. The molecule has 0 bridgehead atoms. The van der Waals surface area contributed by atoms with Crippen molar-refractivity contribution in [2.24, 2.45) is 17.8 Å². The molecule has 0 atom stereocenters.